The van der Waals surface area contributed by atoms with Crippen molar-refractivity contribution in [2.45, 2.75) is 6.92 Å². The minimum absolute atomic E-state index is 0.148. The zero-order chi connectivity index (χ0) is 11.7. The molecule has 0 aliphatic carbocycles. The van der Waals surface area contributed by atoms with Crippen LogP contribution in [0.15, 0.2) is 41.3 Å². The van der Waals surface area contributed by atoms with Gasteiger partial charge in [-0.2, -0.15) is 0 Å². The standard InChI is InChI=1S/C12H11FN2O/c1-8-5-12(16)11(14)7-15(8)10-4-2-3-9(13)6-10/h2-7H,14H2,1H3. The average Bonchev–Trinajstić information content (AvgIpc) is 2.23. The molecule has 82 valence electrons. The van der Waals surface area contributed by atoms with Crippen LogP contribution in [0.5, 0.6) is 0 Å². The number of hydrogen-bond donors (Lipinski definition) is 1. The Hall–Kier alpha value is -2.10. The molecule has 2 aromatic rings. The highest BCUT2D eigenvalue weighted by Gasteiger charge is 2.03. The van der Waals surface area contributed by atoms with Crippen molar-refractivity contribution in [1.82, 2.24) is 4.57 Å². The van der Waals surface area contributed by atoms with Crippen molar-refractivity contribution in [2.24, 2.45) is 0 Å². The molecule has 4 heteroatoms. The van der Waals surface area contributed by atoms with Gasteiger partial charge in [0.1, 0.15) is 5.82 Å². The van der Waals surface area contributed by atoms with E-state index in [1.165, 1.54) is 24.4 Å². The summed E-state index contributed by atoms with van der Waals surface area (Å²) in [6, 6.07) is 7.54. The van der Waals surface area contributed by atoms with Crippen LogP contribution in [0, 0.1) is 12.7 Å². The smallest absolute Gasteiger partial charge is 0.204 e. The van der Waals surface area contributed by atoms with Crippen molar-refractivity contribution in [3.05, 3.63) is 58.3 Å². The van der Waals surface area contributed by atoms with E-state index in [0.29, 0.717) is 11.4 Å². The number of rotatable bonds is 1. The van der Waals surface area contributed by atoms with Crippen molar-refractivity contribution in [3.8, 4) is 5.69 Å². The number of nitrogens with two attached hydrogens (primary N) is 1. The lowest BCUT2D eigenvalue weighted by Gasteiger charge is -2.11. The molecule has 2 N–H and O–H groups in total. The molecule has 3 nitrogen and oxygen atoms in total. The highest BCUT2D eigenvalue weighted by Crippen LogP contribution is 2.12. The normalized spacial score (nSPS) is 10.4. The van der Waals surface area contributed by atoms with Gasteiger partial charge >= 0.3 is 0 Å². The number of nitrogen functional groups attached to an aromatic ring is 1. The van der Waals surface area contributed by atoms with Crippen LogP contribution in [-0.4, -0.2) is 4.57 Å². The van der Waals surface area contributed by atoms with Crippen molar-refractivity contribution in [3.63, 3.8) is 0 Å². The molecule has 0 saturated carbocycles. The molecule has 0 amide bonds. The average molecular weight is 218 g/mol. The number of nitrogens with zero attached hydrogens (tertiary/aromatic N) is 1. The highest BCUT2D eigenvalue weighted by molar-refractivity contribution is 5.42. The van der Waals surface area contributed by atoms with Crippen LogP contribution in [0.25, 0.3) is 5.69 Å². The summed E-state index contributed by atoms with van der Waals surface area (Å²) in [5, 5.41) is 0. The molecule has 0 fully saturated rings. The van der Waals surface area contributed by atoms with Gasteiger partial charge < -0.3 is 10.3 Å². The molecule has 0 unspecified atom stereocenters. The summed E-state index contributed by atoms with van der Waals surface area (Å²) in [6.07, 6.45) is 1.51. The number of pyridine rings is 1. The van der Waals surface area contributed by atoms with Gasteiger partial charge in [0.15, 0.2) is 0 Å². The number of aryl methyl sites for hydroxylation is 1. The molecule has 0 atom stereocenters. The predicted octanol–water partition coefficient (Wildman–Crippen LogP) is 1.87. The second-order valence-corrected chi connectivity index (χ2v) is 3.58. The Labute approximate surface area is 92.0 Å². The molecule has 16 heavy (non-hydrogen) atoms. The zero-order valence-corrected chi connectivity index (χ0v) is 8.77. The maximum absolute atomic E-state index is 13.1. The van der Waals surface area contributed by atoms with Gasteiger partial charge in [0, 0.05) is 23.6 Å². The quantitative estimate of drug-likeness (QED) is 0.794. The number of anilines is 1. The van der Waals surface area contributed by atoms with Gasteiger partial charge in [-0.3, -0.25) is 4.79 Å². The van der Waals surface area contributed by atoms with Crippen molar-refractivity contribution in [1.29, 1.82) is 0 Å². The lowest BCUT2D eigenvalue weighted by molar-refractivity contribution is 0.626. The third kappa shape index (κ3) is 1.82. The summed E-state index contributed by atoms with van der Waals surface area (Å²) >= 11 is 0. The van der Waals surface area contributed by atoms with Gasteiger partial charge in [-0.15, -0.1) is 0 Å². The third-order valence-corrected chi connectivity index (χ3v) is 2.36. The second-order valence-electron chi connectivity index (χ2n) is 3.58. The first-order valence-corrected chi connectivity index (χ1v) is 4.82. The van der Waals surface area contributed by atoms with Gasteiger partial charge in [-0.1, -0.05) is 6.07 Å². The van der Waals surface area contributed by atoms with Gasteiger partial charge in [0.05, 0.1) is 5.69 Å². The molecule has 0 aliphatic rings. The van der Waals surface area contributed by atoms with Crippen LogP contribution >= 0.6 is 0 Å². The molecule has 0 radical (unpaired) electrons. The number of benzene rings is 1. The molecule has 0 saturated heterocycles. The van der Waals surface area contributed by atoms with Crippen molar-refractivity contribution < 1.29 is 4.39 Å². The van der Waals surface area contributed by atoms with Gasteiger partial charge in [0.2, 0.25) is 5.43 Å². The molecule has 1 aromatic carbocycles. The Morgan fingerprint density at radius 1 is 1.31 bits per heavy atom. The van der Waals surface area contributed by atoms with E-state index in [9.17, 15) is 9.18 Å². The van der Waals surface area contributed by atoms with E-state index in [0.717, 1.165) is 0 Å². The summed E-state index contributed by atoms with van der Waals surface area (Å²) in [5.41, 5.74) is 6.82. The fourth-order valence-electron chi connectivity index (χ4n) is 1.55. The molecule has 1 heterocycles. The summed E-state index contributed by atoms with van der Waals surface area (Å²) in [7, 11) is 0. The molecule has 0 bridgehead atoms. The zero-order valence-electron chi connectivity index (χ0n) is 8.77. The first-order valence-electron chi connectivity index (χ1n) is 4.82. The van der Waals surface area contributed by atoms with Gasteiger partial charge in [-0.25, -0.2) is 4.39 Å². The van der Waals surface area contributed by atoms with E-state index in [4.69, 9.17) is 5.73 Å². The molecule has 0 aliphatic heterocycles. The predicted molar refractivity (Wildman–Crippen MR) is 61.1 cm³/mol. The van der Waals surface area contributed by atoms with Crippen LogP contribution in [0.3, 0.4) is 0 Å². The van der Waals surface area contributed by atoms with E-state index in [2.05, 4.69) is 0 Å². The van der Waals surface area contributed by atoms with Crippen molar-refractivity contribution in [2.75, 3.05) is 5.73 Å². The number of aromatic nitrogens is 1. The first kappa shape index (κ1) is 10.4. The Morgan fingerprint density at radius 2 is 2.06 bits per heavy atom. The molecular weight excluding hydrogens is 207 g/mol. The molecular formula is C12H11FN2O. The summed E-state index contributed by atoms with van der Waals surface area (Å²) in [4.78, 5) is 11.3. The topological polar surface area (TPSA) is 48.0 Å². The molecule has 1 aromatic heterocycles. The van der Waals surface area contributed by atoms with E-state index >= 15 is 0 Å². The number of halogens is 1. The molecule has 0 spiro atoms. The largest absolute Gasteiger partial charge is 0.394 e. The summed E-state index contributed by atoms with van der Waals surface area (Å²) in [5.74, 6) is -0.325. The Balaban J connectivity index is 2.65. The van der Waals surface area contributed by atoms with Crippen LogP contribution in [0.1, 0.15) is 5.69 Å². The lowest BCUT2D eigenvalue weighted by Crippen LogP contribution is -2.13. The molecule has 2 rings (SSSR count). The Morgan fingerprint density at radius 3 is 2.75 bits per heavy atom. The fraction of sp³-hybridized carbons (Fsp3) is 0.0833. The van der Waals surface area contributed by atoms with Crippen LogP contribution < -0.4 is 11.2 Å². The van der Waals surface area contributed by atoms with Crippen LogP contribution in [-0.2, 0) is 0 Å². The monoisotopic (exact) mass is 218 g/mol. The summed E-state index contributed by atoms with van der Waals surface area (Å²) in [6.45, 7) is 1.77. The summed E-state index contributed by atoms with van der Waals surface area (Å²) < 4.78 is 14.7. The highest BCUT2D eigenvalue weighted by atomic mass is 19.1. The second kappa shape index (κ2) is 3.81. The Kier molecular flexibility index (Phi) is 2.48. The van der Waals surface area contributed by atoms with Gasteiger partial charge in [0.25, 0.3) is 0 Å². The third-order valence-electron chi connectivity index (χ3n) is 2.36. The lowest BCUT2D eigenvalue weighted by atomic mass is 10.2. The van der Waals surface area contributed by atoms with E-state index in [1.807, 2.05) is 0 Å². The van der Waals surface area contributed by atoms with Crippen molar-refractivity contribution >= 4 is 5.69 Å². The number of hydrogen-bond acceptors (Lipinski definition) is 2. The van der Waals surface area contributed by atoms with Crippen LogP contribution in [0.2, 0.25) is 0 Å². The first-order chi connectivity index (χ1) is 7.58. The minimum atomic E-state index is -0.325. The van der Waals surface area contributed by atoms with Gasteiger partial charge in [-0.05, 0) is 25.1 Å². The maximum atomic E-state index is 13.1. The minimum Gasteiger partial charge on any atom is -0.394 e. The maximum Gasteiger partial charge on any atom is 0.204 e. The Bertz CT molecular complexity index is 590. The SMILES string of the molecule is Cc1cc(=O)c(N)cn1-c1cccc(F)c1. The van der Waals surface area contributed by atoms with E-state index in [1.54, 1.807) is 23.6 Å². The van der Waals surface area contributed by atoms with E-state index in [-0.39, 0.29) is 16.9 Å². The van der Waals surface area contributed by atoms with Crippen LogP contribution in [0.4, 0.5) is 10.1 Å². The van der Waals surface area contributed by atoms with E-state index < -0.39 is 0 Å². The fourth-order valence-corrected chi connectivity index (χ4v) is 1.55.